The van der Waals surface area contributed by atoms with Crippen LogP contribution in [0.15, 0.2) is 42.2 Å². The number of halogens is 1. The zero-order valence-corrected chi connectivity index (χ0v) is 19.0. The minimum atomic E-state index is -0.123. The molecule has 0 bridgehead atoms. The molecule has 0 aliphatic carbocycles. The molecule has 3 aromatic heterocycles. The van der Waals surface area contributed by atoms with E-state index in [4.69, 9.17) is 27.4 Å². The lowest BCUT2D eigenvalue weighted by Gasteiger charge is -2.29. The lowest BCUT2D eigenvalue weighted by atomic mass is 9.92. The molecule has 168 valence electrons. The van der Waals surface area contributed by atoms with E-state index in [1.54, 1.807) is 6.20 Å². The molecule has 0 amide bonds. The minimum Gasteiger partial charge on any atom is -0.396 e. The van der Waals surface area contributed by atoms with Crippen LogP contribution in [0.3, 0.4) is 0 Å². The van der Waals surface area contributed by atoms with E-state index in [2.05, 4.69) is 39.8 Å². The van der Waals surface area contributed by atoms with Gasteiger partial charge in [0.2, 0.25) is 0 Å². The van der Waals surface area contributed by atoms with E-state index in [-0.39, 0.29) is 18.7 Å². The Hall–Kier alpha value is -2.74. The summed E-state index contributed by atoms with van der Waals surface area (Å²) in [7, 11) is 0. The fraction of sp³-hybridized carbons (Fsp3) is 0.375. The van der Waals surface area contributed by atoms with Gasteiger partial charge < -0.3 is 21.1 Å². The molecule has 1 aliphatic heterocycles. The molecule has 0 saturated carbocycles. The number of nitrogens with zero attached hydrogens (tertiary/aromatic N) is 3. The van der Waals surface area contributed by atoms with Gasteiger partial charge in [-0.2, -0.15) is 0 Å². The van der Waals surface area contributed by atoms with Crippen LogP contribution in [0, 0.1) is 0 Å². The molecule has 0 aromatic carbocycles. The summed E-state index contributed by atoms with van der Waals surface area (Å²) in [6.07, 6.45) is 6.51. The number of nitrogens with one attached hydrogen (secondary N) is 2. The predicted molar refractivity (Wildman–Crippen MR) is 130 cm³/mol. The first-order valence-electron chi connectivity index (χ1n) is 11.0. The van der Waals surface area contributed by atoms with Crippen LogP contribution in [0.25, 0.3) is 16.6 Å². The lowest BCUT2D eigenvalue weighted by Crippen LogP contribution is -2.42. The Labute approximate surface area is 192 Å². The quantitative estimate of drug-likeness (QED) is 0.419. The third-order valence-corrected chi connectivity index (χ3v) is 6.24. The second-order valence-electron chi connectivity index (χ2n) is 8.15. The molecular weight excluding hydrogens is 424 g/mol. The zero-order chi connectivity index (χ0) is 22.7. The Morgan fingerprint density at radius 2 is 2.19 bits per heavy atom. The first-order chi connectivity index (χ1) is 15.5. The number of rotatable bonds is 8. The van der Waals surface area contributed by atoms with Crippen molar-refractivity contribution in [3.05, 3.63) is 64.7 Å². The number of hydrogen-bond donors (Lipinski definition) is 4. The molecule has 0 saturated heterocycles. The number of aromatic nitrogens is 3. The average molecular weight is 453 g/mol. The molecule has 2 atom stereocenters. The highest BCUT2D eigenvalue weighted by Gasteiger charge is 2.31. The van der Waals surface area contributed by atoms with Gasteiger partial charge in [-0.3, -0.25) is 15.0 Å². The van der Waals surface area contributed by atoms with Crippen molar-refractivity contribution >= 4 is 34.0 Å². The van der Waals surface area contributed by atoms with Crippen molar-refractivity contribution in [3.8, 4) is 0 Å². The molecule has 0 radical (unpaired) electrons. The number of aliphatic hydroxyl groups excluding tert-OH is 1. The van der Waals surface area contributed by atoms with Gasteiger partial charge in [0.25, 0.3) is 0 Å². The van der Waals surface area contributed by atoms with Crippen LogP contribution in [0.5, 0.6) is 0 Å². The van der Waals surface area contributed by atoms with Crippen molar-refractivity contribution < 1.29 is 5.11 Å². The average Bonchev–Trinajstić information content (AvgIpc) is 3.15. The summed E-state index contributed by atoms with van der Waals surface area (Å²) >= 11 is 6.70. The number of nitrogens with two attached hydrogens (primary N) is 1. The minimum absolute atomic E-state index is 0.0719. The summed E-state index contributed by atoms with van der Waals surface area (Å²) in [6.45, 7) is 7.00. The van der Waals surface area contributed by atoms with Gasteiger partial charge in [0, 0.05) is 30.7 Å². The van der Waals surface area contributed by atoms with E-state index in [1.165, 1.54) is 0 Å². The number of pyridine rings is 2. The Kier molecular flexibility index (Phi) is 6.89. The van der Waals surface area contributed by atoms with Crippen LogP contribution in [0.2, 0.25) is 5.02 Å². The number of fused-ring (bicyclic) bond motifs is 2. The Morgan fingerprint density at radius 1 is 1.34 bits per heavy atom. The van der Waals surface area contributed by atoms with Crippen LogP contribution in [0.4, 0.5) is 0 Å². The second-order valence-corrected chi connectivity index (χ2v) is 8.53. The molecule has 3 aromatic rings. The first-order valence-corrected chi connectivity index (χ1v) is 11.4. The number of H-pyrrole nitrogens is 1. The van der Waals surface area contributed by atoms with Gasteiger partial charge >= 0.3 is 0 Å². The smallest absolute Gasteiger partial charge is 0.132 e. The van der Waals surface area contributed by atoms with Crippen molar-refractivity contribution in [1.82, 2.24) is 20.3 Å². The van der Waals surface area contributed by atoms with Crippen molar-refractivity contribution in [2.75, 3.05) is 13.2 Å². The molecule has 4 heterocycles. The maximum Gasteiger partial charge on any atom is 0.132 e. The van der Waals surface area contributed by atoms with Crippen molar-refractivity contribution in [1.29, 1.82) is 0 Å². The molecule has 0 spiro atoms. The van der Waals surface area contributed by atoms with E-state index >= 15 is 0 Å². The van der Waals surface area contributed by atoms with Crippen LogP contribution in [-0.4, -0.2) is 51.1 Å². The van der Waals surface area contributed by atoms with Gasteiger partial charge in [0.1, 0.15) is 5.84 Å². The normalized spacial score (nSPS) is 18.1. The highest BCUT2D eigenvalue weighted by Crippen LogP contribution is 2.35. The first kappa shape index (κ1) is 22.5. The van der Waals surface area contributed by atoms with E-state index in [9.17, 15) is 0 Å². The largest absolute Gasteiger partial charge is 0.396 e. The Morgan fingerprint density at radius 3 is 2.97 bits per heavy atom. The van der Waals surface area contributed by atoms with Crippen LogP contribution in [0.1, 0.15) is 42.3 Å². The van der Waals surface area contributed by atoms with Crippen LogP contribution < -0.4 is 11.1 Å². The Bertz CT molecular complexity index is 1150. The lowest BCUT2D eigenvalue weighted by molar-refractivity contribution is 0.280. The summed E-state index contributed by atoms with van der Waals surface area (Å²) in [5, 5.41) is 13.3. The number of aromatic amines is 1. The van der Waals surface area contributed by atoms with Gasteiger partial charge in [0.05, 0.1) is 39.9 Å². The zero-order valence-electron chi connectivity index (χ0n) is 18.2. The molecule has 5 N–H and O–H groups in total. The van der Waals surface area contributed by atoms with E-state index in [1.807, 2.05) is 18.3 Å². The van der Waals surface area contributed by atoms with E-state index in [0.717, 1.165) is 51.4 Å². The molecule has 8 heteroatoms. The number of aryl methyl sites for hydroxylation is 1. The number of amidine groups is 1. The Balaban J connectivity index is 1.64. The van der Waals surface area contributed by atoms with Gasteiger partial charge in [-0.05, 0) is 55.0 Å². The fourth-order valence-corrected chi connectivity index (χ4v) is 4.39. The van der Waals surface area contributed by atoms with E-state index < -0.39 is 0 Å². The number of hydrogen-bond acceptors (Lipinski definition) is 5. The van der Waals surface area contributed by atoms with E-state index in [0.29, 0.717) is 30.8 Å². The summed E-state index contributed by atoms with van der Waals surface area (Å²) in [5.74, 6) is 0.727. The fourth-order valence-electron chi connectivity index (χ4n) is 4.03. The molecule has 0 fully saturated rings. The topological polar surface area (TPSA) is 112 Å². The summed E-state index contributed by atoms with van der Waals surface area (Å²) < 4.78 is 0. The number of aliphatic hydroxyl groups is 1. The molecule has 1 aliphatic rings. The molecule has 7 nitrogen and oxygen atoms in total. The van der Waals surface area contributed by atoms with Gasteiger partial charge in [-0.15, -0.1) is 0 Å². The molecule has 32 heavy (non-hydrogen) atoms. The molecule has 2 unspecified atom stereocenters. The van der Waals surface area contributed by atoms with Crippen LogP contribution in [-0.2, 0) is 12.8 Å². The standard InChI is InChI=1S/C24H29ClN6O/c1-3-17-22(25)21-23(30-17)14(2)19(31-24(21)29-13-16(26)6-5-9-32)10-15-11-20-18(28-12-15)7-4-8-27-20/h4,7-8,11-12,16,19,30,32H,2-3,5-6,9-10,13,26H2,1H3,(H,29,31). The van der Waals surface area contributed by atoms with Crippen molar-refractivity contribution in [2.24, 2.45) is 10.7 Å². The monoisotopic (exact) mass is 452 g/mol. The third kappa shape index (κ3) is 4.55. The van der Waals surface area contributed by atoms with Crippen molar-refractivity contribution in [3.63, 3.8) is 0 Å². The third-order valence-electron chi connectivity index (χ3n) is 5.82. The molecule has 4 rings (SSSR count). The van der Waals surface area contributed by atoms with Gasteiger partial charge in [-0.1, -0.05) is 25.1 Å². The maximum absolute atomic E-state index is 9.05. The van der Waals surface area contributed by atoms with Crippen LogP contribution >= 0.6 is 11.6 Å². The summed E-state index contributed by atoms with van der Waals surface area (Å²) in [5.41, 5.74) is 12.7. The summed E-state index contributed by atoms with van der Waals surface area (Å²) in [4.78, 5) is 17.2. The predicted octanol–water partition coefficient (Wildman–Crippen LogP) is 3.25. The second kappa shape index (κ2) is 9.81. The highest BCUT2D eigenvalue weighted by molar-refractivity contribution is 6.35. The van der Waals surface area contributed by atoms with Crippen molar-refractivity contribution in [2.45, 2.75) is 44.7 Å². The SMILES string of the molecule is C=C1c2[nH]c(CC)c(Cl)c2C(=NCC(N)CCCO)NC1Cc1cnc2cccnc2c1. The highest BCUT2D eigenvalue weighted by atomic mass is 35.5. The summed E-state index contributed by atoms with van der Waals surface area (Å²) in [6, 6.07) is 5.71. The van der Waals surface area contributed by atoms with Gasteiger partial charge in [-0.25, -0.2) is 0 Å². The molecular formula is C24H29ClN6O. The van der Waals surface area contributed by atoms with Gasteiger partial charge in [0.15, 0.2) is 0 Å². The maximum atomic E-state index is 9.05. The number of aliphatic imine (C=N–C) groups is 1.